The van der Waals surface area contributed by atoms with Crippen LogP contribution in [0.25, 0.3) is 0 Å². The van der Waals surface area contributed by atoms with Gasteiger partial charge in [-0.15, -0.1) is 0 Å². The lowest BCUT2D eigenvalue weighted by molar-refractivity contribution is 0.0847. The maximum atomic E-state index is 8.66. The number of ether oxygens (including phenoxy) is 1. The van der Waals surface area contributed by atoms with Crippen molar-refractivity contribution in [1.29, 1.82) is 0 Å². The van der Waals surface area contributed by atoms with Gasteiger partial charge in [-0.3, -0.25) is 0 Å². The van der Waals surface area contributed by atoms with Gasteiger partial charge in [0, 0.05) is 19.8 Å². The van der Waals surface area contributed by atoms with Gasteiger partial charge in [0.2, 0.25) is 0 Å². The molecule has 78 valence electrons. The molecule has 2 atom stereocenters. The molecule has 13 heavy (non-hydrogen) atoms. The highest BCUT2D eigenvalue weighted by Crippen LogP contribution is 2.24. The second kappa shape index (κ2) is 4.91. The predicted octanol–water partition coefficient (Wildman–Crippen LogP) is -0.535. The fourth-order valence-electron chi connectivity index (χ4n) is 1.77. The van der Waals surface area contributed by atoms with Gasteiger partial charge in [-0.1, -0.05) is 0 Å². The van der Waals surface area contributed by atoms with E-state index in [1.54, 1.807) is 0 Å². The summed E-state index contributed by atoms with van der Waals surface area (Å²) in [4.78, 5) is 0. The molecule has 1 heterocycles. The van der Waals surface area contributed by atoms with E-state index in [1.807, 2.05) is 6.92 Å². The van der Waals surface area contributed by atoms with E-state index in [9.17, 15) is 0 Å². The fraction of sp³-hybridized carbons (Fsp3) is 1.00. The molecule has 0 bridgehead atoms. The summed E-state index contributed by atoms with van der Waals surface area (Å²) in [7, 11) is 0. The summed E-state index contributed by atoms with van der Waals surface area (Å²) >= 11 is 0. The van der Waals surface area contributed by atoms with E-state index in [4.69, 9.17) is 15.6 Å². The van der Waals surface area contributed by atoms with Crippen LogP contribution in [0, 0.1) is 0 Å². The Morgan fingerprint density at radius 3 is 2.92 bits per heavy atom. The number of aliphatic hydroxyl groups is 1. The quantitative estimate of drug-likeness (QED) is 0.507. The number of aliphatic hydroxyl groups excluding tert-OH is 1. The third-order valence-electron chi connectivity index (χ3n) is 2.87. The van der Waals surface area contributed by atoms with E-state index < -0.39 is 0 Å². The summed E-state index contributed by atoms with van der Waals surface area (Å²) < 4.78 is 5.49. The Kier molecular flexibility index (Phi) is 4.12. The van der Waals surface area contributed by atoms with Crippen LogP contribution < -0.4 is 11.1 Å². The average Bonchev–Trinajstić information content (AvgIpc) is 2.49. The van der Waals surface area contributed by atoms with Crippen LogP contribution in [-0.2, 0) is 4.74 Å². The maximum Gasteiger partial charge on any atom is 0.0741 e. The van der Waals surface area contributed by atoms with Crippen LogP contribution >= 0.6 is 0 Å². The van der Waals surface area contributed by atoms with E-state index in [2.05, 4.69) is 5.32 Å². The molecule has 2 unspecified atom stereocenters. The number of rotatable bonds is 5. The van der Waals surface area contributed by atoms with Crippen molar-refractivity contribution in [3.05, 3.63) is 0 Å². The highest BCUT2D eigenvalue weighted by molar-refractivity contribution is 4.98. The molecule has 0 aromatic rings. The predicted molar refractivity (Wildman–Crippen MR) is 51.5 cm³/mol. The van der Waals surface area contributed by atoms with Crippen molar-refractivity contribution in [2.45, 2.75) is 31.4 Å². The molecule has 0 amide bonds. The van der Waals surface area contributed by atoms with Crippen LogP contribution in [0.3, 0.4) is 0 Å². The molecule has 0 aliphatic carbocycles. The Morgan fingerprint density at radius 2 is 2.46 bits per heavy atom. The maximum absolute atomic E-state index is 8.66. The molecule has 4 nitrogen and oxygen atoms in total. The molecular formula is C9H20N2O2. The van der Waals surface area contributed by atoms with Crippen LogP contribution in [0.5, 0.6) is 0 Å². The van der Waals surface area contributed by atoms with Gasteiger partial charge < -0.3 is 20.9 Å². The first-order valence-corrected chi connectivity index (χ1v) is 4.93. The molecule has 0 aromatic carbocycles. The van der Waals surface area contributed by atoms with Crippen molar-refractivity contribution in [3.8, 4) is 0 Å². The monoisotopic (exact) mass is 188 g/mol. The summed E-state index contributed by atoms with van der Waals surface area (Å²) in [6.07, 6.45) is 1.92. The summed E-state index contributed by atoms with van der Waals surface area (Å²) in [5.41, 5.74) is 5.68. The minimum atomic E-state index is -0.0603. The van der Waals surface area contributed by atoms with Gasteiger partial charge in [-0.05, 0) is 26.3 Å². The van der Waals surface area contributed by atoms with Gasteiger partial charge in [-0.25, -0.2) is 0 Å². The van der Waals surface area contributed by atoms with Crippen LogP contribution in [0.4, 0.5) is 0 Å². The molecule has 0 spiro atoms. The molecule has 1 saturated heterocycles. The first-order chi connectivity index (χ1) is 6.25. The van der Waals surface area contributed by atoms with Crippen molar-refractivity contribution >= 4 is 0 Å². The van der Waals surface area contributed by atoms with E-state index in [0.717, 1.165) is 26.0 Å². The fourth-order valence-corrected chi connectivity index (χ4v) is 1.77. The molecule has 1 rings (SSSR count). The number of nitrogens with two attached hydrogens (primary N) is 1. The lowest BCUT2D eigenvalue weighted by Gasteiger charge is -2.32. The zero-order valence-electron chi connectivity index (χ0n) is 8.25. The van der Waals surface area contributed by atoms with Crippen LogP contribution in [0.2, 0.25) is 0 Å². The van der Waals surface area contributed by atoms with Gasteiger partial charge in [0.15, 0.2) is 0 Å². The third-order valence-corrected chi connectivity index (χ3v) is 2.87. The molecule has 0 saturated carbocycles. The van der Waals surface area contributed by atoms with Crippen LogP contribution in [0.15, 0.2) is 0 Å². The average molecular weight is 188 g/mol. The van der Waals surface area contributed by atoms with Gasteiger partial charge in [0.1, 0.15) is 0 Å². The van der Waals surface area contributed by atoms with E-state index in [1.165, 1.54) is 0 Å². The molecule has 1 fully saturated rings. The molecule has 0 radical (unpaired) electrons. The lowest BCUT2D eigenvalue weighted by Crippen LogP contribution is -2.56. The Labute approximate surface area is 79.5 Å². The van der Waals surface area contributed by atoms with Gasteiger partial charge in [0.25, 0.3) is 0 Å². The highest BCUT2D eigenvalue weighted by Gasteiger charge is 2.39. The molecular weight excluding hydrogens is 168 g/mol. The zero-order valence-corrected chi connectivity index (χ0v) is 8.25. The van der Waals surface area contributed by atoms with Crippen molar-refractivity contribution in [3.63, 3.8) is 0 Å². The van der Waals surface area contributed by atoms with Gasteiger partial charge >= 0.3 is 0 Å². The SMILES string of the molecule is CC1OCCC1(CN)NCCCO. The minimum absolute atomic E-state index is 0.0603. The van der Waals surface area contributed by atoms with Crippen molar-refractivity contribution in [2.75, 3.05) is 26.3 Å². The summed E-state index contributed by atoms with van der Waals surface area (Å²) in [5, 5.41) is 12.0. The van der Waals surface area contributed by atoms with Crippen molar-refractivity contribution in [2.24, 2.45) is 5.73 Å². The van der Waals surface area contributed by atoms with E-state index in [0.29, 0.717) is 6.54 Å². The molecule has 4 N–H and O–H groups in total. The van der Waals surface area contributed by atoms with E-state index in [-0.39, 0.29) is 18.2 Å². The first-order valence-electron chi connectivity index (χ1n) is 4.93. The number of nitrogens with one attached hydrogen (secondary N) is 1. The van der Waals surface area contributed by atoms with Crippen LogP contribution in [-0.4, -0.2) is 43.1 Å². The van der Waals surface area contributed by atoms with Gasteiger partial charge in [-0.2, -0.15) is 0 Å². The zero-order chi connectivity index (χ0) is 9.73. The Bertz CT molecular complexity index is 155. The number of hydrogen-bond donors (Lipinski definition) is 3. The third kappa shape index (κ3) is 2.40. The normalized spacial score (nSPS) is 33.9. The smallest absolute Gasteiger partial charge is 0.0741 e. The second-order valence-electron chi connectivity index (χ2n) is 3.63. The first kappa shape index (κ1) is 10.9. The van der Waals surface area contributed by atoms with Crippen molar-refractivity contribution < 1.29 is 9.84 Å². The molecule has 1 aliphatic heterocycles. The summed E-state index contributed by atoms with van der Waals surface area (Å²) in [5.74, 6) is 0. The lowest BCUT2D eigenvalue weighted by atomic mass is 9.92. The topological polar surface area (TPSA) is 67.5 Å². The molecule has 1 aliphatic rings. The Balaban J connectivity index is 2.39. The summed E-state index contributed by atoms with van der Waals surface area (Å²) in [6.45, 7) is 4.46. The highest BCUT2D eigenvalue weighted by atomic mass is 16.5. The second-order valence-corrected chi connectivity index (χ2v) is 3.63. The Hall–Kier alpha value is -0.160. The van der Waals surface area contributed by atoms with Crippen LogP contribution in [0.1, 0.15) is 19.8 Å². The van der Waals surface area contributed by atoms with Gasteiger partial charge in [0.05, 0.1) is 11.6 Å². The Morgan fingerprint density at radius 1 is 1.69 bits per heavy atom. The molecule has 0 aromatic heterocycles. The minimum Gasteiger partial charge on any atom is -0.396 e. The van der Waals surface area contributed by atoms with Crippen molar-refractivity contribution in [1.82, 2.24) is 5.32 Å². The largest absolute Gasteiger partial charge is 0.396 e. The number of hydrogen-bond acceptors (Lipinski definition) is 4. The van der Waals surface area contributed by atoms with E-state index >= 15 is 0 Å². The standard InChI is InChI=1S/C9H20N2O2/c1-8-9(7-10,3-6-13-8)11-4-2-5-12/h8,11-12H,2-7,10H2,1H3. The molecule has 4 heteroatoms. The summed E-state index contributed by atoms with van der Waals surface area (Å²) in [6, 6.07) is 0.